The average Bonchev–Trinajstić information content (AvgIpc) is 2.90. The third kappa shape index (κ3) is 7.13. The van der Waals surface area contributed by atoms with Crippen molar-refractivity contribution in [1.29, 1.82) is 0 Å². The molecule has 1 fully saturated rings. The molecule has 3 aromatic rings. The lowest BCUT2D eigenvalue weighted by Crippen LogP contribution is -2.42. The first-order valence-electron chi connectivity index (χ1n) is 12.4. The molecular formula is C27H33FN4O3S. The van der Waals surface area contributed by atoms with E-state index in [1.807, 2.05) is 24.3 Å². The minimum absolute atomic E-state index is 0.0368. The van der Waals surface area contributed by atoms with Crippen LogP contribution in [0.15, 0.2) is 53.8 Å². The third-order valence-corrected chi connectivity index (χ3v) is 8.04. The maximum Gasteiger partial charge on any atom is 0.303 e. The Balaban J connectivity index is 1.31. The average molecular weight is 513 g/mol. The van der Waals surface area contributed by atoms with E-state index in [-0.39, 0.29) is 18.3 Å². The predicted octanol–water partition coefficient (Wildman–Crippen LogP) is 5.42. The van der Waals surface area contributed by atoms with Gasteiger partial charge in [-0.1, -0.05) is 0 Å². The second-order valence-corrected chi connectivity index (χ2v) is 10.5. The number of alkyl halides is 1. The zero-order valence-electron chi connectivity index (χ0n) is 20.6. The maximum absolute atomic E-state index is 15.5. The Labute approximate surface area is 215 Å². The molecule has 4 rings (SSSR count). The number of halogens is 1. The van der Waals surface area contributed by atoms with E-state index in [0.717, 1.165) is 54.0 Å². The van der Waals surface area contributed by atoms with Gasteiger partial charge in [0.2, 0.25) is 0 Å². The van der Waals surface area contributed by atoms with Gasteiger partial charge in [-0.2, -0.15) is 10.2 Å². The van der Waals surface area contributed by atoms with Gasteiger partial charge in [0.1, 0.15) is 11.9 Å². The summed E-state index contributed by atoms with van der Waals surface area (Å²) in [6.45, 7) is 2.62. The number of benzene rings is 1. The van der Waals surface area contributed by atoms with Crippen LogP contribution in [-0.2, 0) is 4.79 Å². The number of carbonyl (C=O) groups is 1. The predicted molar refractivity (Wildman–Crippen MR) is 139 cm³/mol. The first kappa shape index (κ1) is 26.3. The van der Waals surface area contributed by atoms with Gasteiger partial charge < -0.3 is 14.7 Å². The Morgan fingerprint density at radius 2 is 2.14 bits per heavy atom. The molecule has 36 heavy (non-hydrogen) atoms. The van der Waals surface area contributed by atoms with E-state index in [9.17, 15) is 9.90 Å². The number of fused-ring (bicyclic) bond motifs is 1. The molecule has 1 unspecified atom stereocenters. The lowest BCUT2D eigenvalue weighted by molar-refractivity contribution is -0.139. The molecule has 0 bridgehead atoms. The van der Waals surface area contributed by atoms with Crippen molar-refractivity contribution in [1.82, 2.24) is 20.1 Å². The van der Waals surface area contributed by atoms with Crippen LogP contribution in [0, 0.1) is 11.8 Å². The smallest absolute Gasteiger partial charge is 0.303 e. The highest BCUT2D eigenvalue weighted by molar-refractivity contribution is 7.99. The molecule has 0 amide bonds. The van der Waals surface area contributed by atoms with Crippen molar-refractivity contribution in [2.45, 2.75) is 43.2 Å². The van der Waals surface area contributed by atoms with Gasteiger partial charge in [-0.3, -0.25) is 9.78 Å². The quantitative estimate of drug-likeness (QED) is 0.254. The van der Waals surface area contributed by atoms with Crippen LogP contribution in [0.2, 0.25) is 0 Å². The number of carboxylic acids is 1. The Kier molecular flexibility index (Phi) is 9.47. The molecule has 1 aliphatic rings. The zero-order chi connectivity index (χ0) is 25.3. The largest absolute Gasteiger partial charge is 0.497 e. The standard InChI is InChI=1S/C27H33FN4O3S/c1-35-21-4-6-26-24(16-21)23(8-10-29-26)25(28)5-3-19-9-13-32(18-20(19)15-27(33)34)12-2-14-36-22-7-11-30-31-17-22/h4,6-8,10-11,16-17,19-20,25H,2-3,5,9,12-15,18H2,1H3,(H,33,34)/t19-,20+,25?/m1/s1. The van der Waals surface area contributed by atoms with Gasteiger partial charge in [0.25, 0.3) is 0 Å². The molecule has 7 nitrogen and oxygen atoms in total. The van der Waals surface area contributed by atoms with Gasteiger partial charge >= 0.3 is 5.97 Å². The summed E-state index contributed by atoms with van der Waals surface area (Å²) in [6.07, 6.45) is 7.06. The monoisotopic (exact) mass is 512 g/mol. The molecule has 1 aromatic carbocycles. The molecule has 1 aliphatic heterocycles. The number of methoxy groups -OCH3 is 1. The number of piperidine rings is 1. The summed E-state index contributed by atoms with van der Waals surface area (Å²) in [5.41, 5.74) is 1.36. The molecule has 192 valence electrons. The van der Waals surface area contributed by atoms with Gasteiger partial charge in [0.05, 0.1) is 25.0 Å². The van der Waals surface area contributed by atoms with Crippen molar-refractivity contribution in [2.24, 2.45) is 11.8 Å². The molecule has 3 heterocycles. The van der Waals surface area contributed by atoms with Crippen LogP contribution in [0.3, 0.4) is 0 Å². The fourth-order valence-corrected chi connectivity index (χ4v) is 5.89. The van der Waals surface area contributed by atoms with E-state index in [1.165, 1.54) is 0 Å². The number of aliphatic carboxylic acids is 1. The second-order valence-electron chi connectivity index (χ2n) is 9.32. The highest BCUT2D eigenvalue weighted by Crippen LogP contribution is 2.36. The minimum Gasteiger partial charge on any atom is -0.497 e. The Hall–Kier alpha value is -2.78. The summed E-state index contributed by atoms with van der Waals surface area (Å²) in [5.74, 6) is 1.11. The van der Waals surface area contributed by atoms with Crippen molar-refractivity contribution >= 4 is 28.6 Å². The van der Waals surface area contributed by atoms with Gasteiger partial charge in [0, 0.05) is 29.4 Å². The van der Waals surface area contributed by atoms with E-state index in [4.69, 9.17) is 4.74 Å². The van der Waals surface area contributed by atoms with Crippen LogP contribution < -0.4 is 4.74 Å². The molecule has 0 aliphatic carbocycles. The summed E-state index contributed by atoms with van der Waals surface area (Å²) >= 11 is 1.76. The number of thioether (sulfide) groups is 1. The highest BCUT2D eigenvalue weighted by Gasteiger charge is 2.31. The number of nitrogens with zero attached hydrogens (tertiary/aromatic N) is 4. The number of pyridine rings is 1. The van der Waals surface area contributed by atoms with E-state index >= 15 is 4.39 Å². The fourth-order valence-electron chi connectivity index (χ4n) is 5.10. The molecule has 0 spiro atoms. The lowest BCUT2D eigenvalue weighted by atomic mass is 9.79. The highest BCUT2D eigenvalue weighted by atomic mass is 32.2. The van der Waals surface area contributed by atoms with Crippen LogP contribution in [0.1, 0.15) is 43.8 Å². The molecule has 0 radical (unpaired) electrons. The number of hydrogen-bond acceptors (Lipinski definition) is 7. The minimum atomic E-state index is -1.13. The Morgan fingerprint density at radius 3 is 2.92 bits per heavy atom. The number of hydrogen-bond donors (Lipinski definition) is 1. The summed E-state index contributed by atoms with van der Waals surface area (Å²) in [7, 11) is 1.59. The lowest BCUT2D eigenvalue weighted by Gasteiger charge is -2.38. The molecular weight excluding hydrogens is 479 g/mol. The van der Waals surface area contributed by atoms with Crippen LogP contribution in [0.4, 0.5) is 4.39 Å². The third-order valence-electron chi connectivity index (χ3n) is 6.97. The van der Waals surface area contributed by atoms with E-state index in [2.05, 4.69) is 20.1 Å². The number of carboxylic acid groups (broad SMARTS) is 1. The number of ether oxygens (including phenoxy) is 1. The summed E-state index contributed by atoms with van der Waals surface area (Å²) in [5, 5.41) is 18.0. The number of aromatic nitrogens is 3. The van der Waals surface area contributed by atoms with Crippen LogP contribution in [0.5, 0.6) is 5.75 Å². The van der Waals surface area contributed by atoms with E-state index in [0.29, 0.717) is 24.2 Å². The van der Waals surface area contributed by atoms with Gasteiger partial charge in [0.15, 0.2) is 0 Å². The van der Waals surface area contributed by atoms with E-state index in [1.54, 1.807) is 43.5 Å². The van der Waals surface area contributed by atoms with Gasteiger partial charge in [-0.05, 0) is 92.3 Å². The van der Waals surface area contributed by atoms with Crippen LogP contribution in [0.25, 0.3) is 10.9 Å². The topological polar surface area (TPSA) is 88.4 Å². The summed E-state index contributed by atoms with van der Waals surface area (Å²) in [4.78, 5) is 19.4. The fraction of sp³-hybridized carbons (Fsp3) is 0.481. The van der Waals surface area contributed by atoms with Crippen molar-refractivity contribution in [3.8, 4) is 5.75 Å². The van der Waals surface area contributed by atoms with Crippen molar-refractivity contribution in [3.63, 3.8) is 0 Å². The first-order chi connectivity index (χ1) is 17.5. The zero-order valence-corrected chi connectivity index (χ0v) is 21.4. The SMILES string of the molecule is COc1ccc2nccc(C(F)CC[C@@H]3CCN(CCCSc4ccnnc4)C[C@@H]3CC(=O)O)c2c1. The van der Waals surface area contributed by atoms with Crippen molar-refractivity contribution in [3.05, 3.63) is 54.5 Å². The van der Waals surface area contributed by atoms with Crippen LogP contribution in [-0.4, -0.2) is 63.7 Å². The molecule has 1 N–H and O–H groups in total. The van der Waals surface area contributed by atoms with Crippen LogP contribution >= 0.6 is 11.8 Å². The van der Waals surface area contributed by atoms with Crippen molar-refractivity contribution < 1.29 is 19.0 Å². The van der Waals surface area contributed by atoms with Crippen molar-refractivity contribution in [2.75, 3.05) is 32.5 Å². The molecule has 0 saturated carbocycles. The molecule has 3 atom stereocenters. The Morgan fingerprint density at radius 1 is 1.25 bits per heavy atom. The number of likely N-dealkylation sites (tertiary alicyclic amines) is 1. The van der Waals surface area contributed by atoms with Gasteiger partial charge in [-0.15, -0.1) is 11.8 Å². The summed E-state index contributed by atoms with van der Waals surface area (Å²) in [6, 6.07) is 9.19. The maximum atomic E-state index is 15.5. The molecule has 9 heteroatoms. The van der Waals surface area contributed by atoms with Gasteiger partial charge in [-0.25, -0.2) is 4.39 Å². The first-order valence-corrected chi connectivity index (χ1v) is 13.4. The molecule has 1 saturated heterocycles. The summed E-state index contributed by atoms with van der Waals surface area (Å²) < 4.78 is 20.8. The number of rotatable bonds is 12. The normalized spacial score (nSPS) is 19.3. The second kappa shape index (κ2) is 13.0. The Bertz CT molecular complexity index is 1140. The molecule has 2 aromatic heterocycles. The van der Waals surface area contributed by atoms with E-state index < -0.39 is 12.1 Å².